The Balaban J connectivity index is 2.23. The van der Waals surface area contributed by atoms with Crippen molar-refractivity contribution in [3.8, 4) is 0 Å². The number of hydrogen-bond acceptors (Lipinski definition) is 3. The van der Waals surface area contributed by atoms with Crippen LogP contribution < -0.4 is 16.4 Å². The summed E-state index contributed by atoms with van der Waals surface area (Å²) in [6, 6.07) is 2.54. The summed E-state index contributed by atoms with van der Waals surface area (Å²) in [5.41, 5.74) is 7.22. The smallest absolute Gasteiger partial charge is 0.221 e. The van der Waals surface area contributed by atoms with E-state index in [0.717, 1.165) is 0 Å². The topological polar surface area (TPSA) is 67.1 Å². The van der Waals surface area contributed by atoms with Gasteiger partial charge in [-0.3, -0.25) is 4.79 Å². The number of carbonyl (C=O) groups is 1. The molecular formula is C15H16FN3O. The summed E-state index contributed by atoms with van der Waals surface area (Å²) in [6.07, 6.45) is 0. The van der Waals surface area contributed by atoms with Gasteiger partial charge in [-0.05, 0) is 35.8 Å². The van der Waals surface area contributed by atoms with E-state index in [1.807, 2.05) is 0 Å². The molecule has 2 aromatic rings. The first-order chi connectivity index (χ1) is 11.2. The molecule has 104 valence electrons. The minimum Gasteiger partial charge on any atom is -0.397 e. The van der Waals surface area contributed by atoms with Crippen molar-refractivity contribution in [3.05, 3.63) is 53.7 Å². The maximum absolute atomic E-state index is 13.5. The fourth-order valence-electron chi connectivity index (χ4n) is 1.58. The van der Waals surface area contributed by atoms with E-state index in [9.17, 15) is 9.18 Å². The van der Waals surface area contributed by atoms with Crippen molar-refractivity contribution in [2.24, 2.45) is 0 Å². The Hall–Kier alpha value is -2.56. The van der Waals surface area contributed by atoms with Gasteiger partial charge in [-0.1, -0.05) is 12.1 Å². The SMILES string of the molecule is [2H]c1c([2H])c(CNc2ccc(NC(C)=O)c(N)c2)c([2H])c([2H])c1F. The number of nitrogen functional groups attached to an aromatic ring is 1. The first-order valence-electron chi connectivity index (χ1n) is 7.88. The van der Waals surface area contributed by atoms with Crippen molar-refractivity contribution in [2.75, 3.05) is 16.4 Å². The zero-order valence-corrected chi connectivity index (χ0v) is 10.8. The molecule has 1 amide bonds. The molecule has 5 heteroatoms. The Bertz CT molecular complexity index is 785. The predicted molar refractivity (Wildman–Crippen MR) is 78.9 cm³/mol. The second kappa shape index (κ2) is 6.06. The van der Waals surface area contributed by atoms with Crippen LogP contribution in [0.15, 0.2) is 42.4 Å². The van der Waals surface area contributed by atoms with E-state index in [4.69, 9.17) is 11.2 Å². The van der Waals surface area contributed by atoms with Crippen LogP contribution in [0.4, 0.5) is 21.5 Å². The van der Waals surface area contributed by atoms with Gasteiger partial charge in [0.15, 0.2) is 0 Å². The lowest BCUT2D eigenvalue weighted by Crippen LogP contribution is -2.08. The van der Waals surface area contributed by atoms with Gasteiger partial charge < -0.3 is 16.4 Å². The fraction of sp³-hybridized carbons (Fsp3) is 0.133. The van der Waals surface area contributed by atoms with Crippen molar-refractivity contribution in [3.63, 3.8) is 0 Å². The third kappa shape index (κ3) is 3.71. The second-order valence-corrected chi connectivity index (χ2v) is 4.13. The zero-order chi connectivity index (χ0) is 18.0. The van der Waals surface area contributed by atoms with Gasteiger partial charge in [0.25, 0.3) is 0 Å². The Kier molecular flexibility index (Phi) is 2.83. The Morgan fingerprint density at radius 2 is 2.05 bits per heavy atom. The Morgan fingerprint density at radius 1 is 1.35 bits per heavy atom. The molecule has 0 aliphatic rings. The highest BCUT2D eigenvalue weighted by atomic mass is 19.1. The standard InChI is InChI=1S/C15H16FN3O/c1-10(20)19-15-7-6-13(8-14(15)17)18-9-11-2-4-12(16)5-3-11/h2-8,18H,9,17H2,1H3,(H,19,20)/i2D,3D,4D,5D. The molecule has 0 fully saturated rings. The monoisotopic (exact) mass is 277 g/mol. The molecule has 0 spiro atoms. The normalized spacial score (nSPS) is 12.9. The van der Waals surface area contributed by atoms with Crippen molar-refractivity contribution >= 4 is 23.0 Å². The van der Waals surface area contributed by atoms with E-state index in [1.165, 1.54) is 6.92 Å². The highest BCUT2D eigenvalue weighted by Gasteiger charge is 2.02. The fourth-order valence-corrected chi connectivity index (χ4v) is 1.58. The van der Waals surface area contributed by atoms with Crippen LogP contribution in [0.1, 0.15) is 18.0 Å². The number of nitrogens with one attached hydrogen (secondary N) is 2. The minimum atomic E-state index is -1.17. The van der Waals surface area contributed by atoms with Crippen molar-refractivity contribution in [1.29, 1.82) is 0 Å². The van der Waals surface area contributed by atoms with Crippen LogP contribution in [-0.4, -0.2) is 5.91 Å². The van der Waals surface area contributed by atoms with E-state index in [0.29, 0.717) is 17.1 Å². The number of nitrogens with two attached hydrogens (primary N) is 1. The molecule has 0 bridgehead atoms. The number of rotatable bonds is 4. The third-order valence-corrected chi connectivity index (χ3v) is 2.48. The number of halogens is 1. The van der Waals surface area contributed by atoms with E-state index < -0.39 is 30.0 Å². The van der Waals surface area contributed by atoms with E-state index >= 15 is 0 Å². The summed E-state index contributed by atoms with van der Waals surface area (Å²) in [4.78, 5) is 11.0. The molecule has 4 N–H and O–H groups in total. The van der Waals surface area contributed by atoms with E-state index in [2.05, 4.69) is 10.6 Å². The molecule has 0 heterocycles. The summed E-state index contributed by atoms with van der Waals surface area (Å²) >= 11 is 0. The average molecular weight is 277 g/mol. The second-order valence-electron chi connectivity index (χ2n) is 4.13. The molecular weight excluding hydrogens is 257 g/mol. The summed E-state index contributed by atoms with van der Waals surface area (Å²) in [6.45, 7) is 1.33. The van der Waals surface area contributed by atoms with Gasteiger partial charge >= 0.3 is 0 Å². The highest BCUT2D eigenvalue weighted by Crippen LogP contribution is 2.23. The molecule has 4 nitrogen and oxygen atoms in total. The largest absolute Gasteiger partial charge is 0.397 e. The third-order valence-electron chi connectivity index (χ3n) is 2.48. The van der Waals surface area contributed by atoms with Crippen molar-refractivity contribution in [2.45, 2.75) is 13.5 Å². The Labute approximate surface area is 122 Å². The zero-order valence-electron chi connectivity index (χ0n) is 14.8. The first kappa shape index (κ1) is 9.36. The van der Waals surface area contributed by atoms with Crippen LogP contribution in [0.3, 0.4) is 0 Å². The lowest BCUT2D eigenvalue weighted by molar-refractivity contribution is -0.114. The molecule has 0 radical (unpaired) electrons. The van der Waals surface area contributed by atoms with Crippen LogP contribution >= 0.6 is 0 Å². The summed E-state index contributed by atoms with van der Waals surface area (Å²) in [7, 11) is 0. The molecule has 2 rings (SSSR count). The summed E-state index contributed by atoms with van der Waals surface area (Å²) in [5, 5.41) is 5.49. The number of anilines is 3. The van der Waals surface area contributed by atoms with Crippen molar-refractivity contribution in [1.82, 2.24) is 0 Å². The van der Waals surface area contributed by atoms with Gasteiger partial charge in [0, 0.05) is 19.2 Å². The van der Waals surface area contributed by atoms with Crippen LogP contribution in [-0.2, 0) is 11.3 Å². The van der Waals surface area contributed by atoms with Gasteiger partial charge in [0.05, 0.1) is 16.9 Å². The lowest BCUT2D eigenvalue weighted by Gasteiger charge is -2.10. The highest BCUT2D eigenvalue weighted by molar-refractivity contribution is 5.92. The molecule has 20 heavy (non-hydrogen) atoms. The molecule has 0 saturated heterocycles. The maximum atomic E-state index is 13.5. The van der Waals surface area contributed by atoms with Crippen molar-refractivity contribution < 1.29 is 14.7 Å². The Morgan fingerprint density at radius 3 is 2.65 bits per heavy atom. The predicted octanol–water partition coefficient (Wildman–Crippen LogP) is 2.98. The maximum Gasteiger partial charge on any atom is 0.221 e. The molecule has 0 unspecified atom stereocenters. The van der Waals surface area contributed by atoms with Crippen LogP contribution in [0.2, 0.25) is 0 Å². The number of carbonyl (C=O) groups excluding carboxylic acids is 1. The molecule has 0 atom stereocenters. The van der Waals surface area contributed by atoms with E-state index in [1.54, 1.807) is 18.2 Å². The number of hydrogen-bond donors (Lipinski definition) is 3. The van der Waals surface area contributed by atoms with Crippen LogP contribution in [0.5, 0.6) is 0 Å². The molecule has 0 aliphatic carbocycles. The lowest BCUT2D eigenvalue weighted by atomic mass is 10.2. The molecule has 2 aromatic carbocycles. The van der Waals surface area contributed by atoms with Gasteiger partial charge in [-0.2, -0.15) is 0 Å². The quantitative estimate of drug-likeness (QED) is 0.753. The van der Waals surface area contributed by atoms with Gasteiger partial charge in [-0.15, -0.1) is 0 Å². The van der Waals surface area contributed by atoms with Gasteiger partial charge in [0.1, 0.15) is 5.82 Å². The minimum absolute atomic E-state index is 0.0331. The molecule has 0 aliphatic heterocycles. The average Bonchev–Trinajstić information content (AvgIpc) is 2.53. The molecule has 0 aromatic heterocycles. The first-order valence-corrected chi connectivity index (χ1v) is 5.88. The van der Waals surface area contributed by atoms with Crippen LogP contribution in [0, 0.1) is 5.82 Å². The van der Waals surface area contributed by atoms with Gasteiger partial charge in [-0.25, -0.2) is 4.39 Å². The van der Waals surface area contributed by atoms with Crippen LogP contribution in [0.25, 0.3) is 0 Å². The number of amides is 1. The summed E-state index contributed by atoms with van der Waals surface area (Å²) in [5.74, 6) is -1.42. The van der Waals surface area contributed by atoms with Gasteiger partial charge in [0.2, 0.25) is 5.91 Å². The number of benzene rings is 2. The molecule has 0 saturated carbocycles. The summed E-state index contributed by atoms with van der Waals surface area (Å²) < 4.78 is 44.0. The van der Waals surface area contributed by atoms with E-state index in [-0.39, 0.29) is 18.0 Å².